The fraction of sp³-hybridized carbons (Fsp3) is 0.467. The van der Waals surface area contributed by atoms with Gasteiger partial charge in [0.2, 0.25) is 0 Å². The number of hydrogen-bond acceptors (Lipinski definition) is 4. The minimum atomic E-state index is -0.285. The average Bonchev–Trinajstić information content (AvgIpc) is 3.17. The molecule has 110 valence electrons. The fourth-order valence-electron chi connectivity index (χ4n) is 3.58. The van der Waals surface area contributed by atoms with Crippen molar-refractivity contribution in [3.8, 4) is 5.69 Å². The number of hydrogen-bond donors (Lipinski definition) is 1. The van der Waals surface area contributed by atoms with Gasteiger partial charge in [0, 0.05) is 24.3 Å². The molecule has 0 bridgehead atoms. The molecule has 2 aliphatic heterocycles. The van der Waals surface area contributed by atoms with E-state index in [9.17, 15) is 4.39 Å². The maximum Gasteiger partial charge on any atom is 0.150 e. The Hall–Kier alpha value is -1.95. The van der Waals surface area contributed by atoms with Crippen molar-refractivity contribution in [3.05, 3.63) is 36.7 Å². The molecule has 0 aliphatic carbocycles. The van der Waals surface area contributed by atoms with Gasteiger partial charge in [-0.25, -0.2) is 14.1 Å². The van der Waals surface area contributed by atoms with E-state index >= 15 is 0 Å². The van der Waals surface area contributed by atoms with Crippen LogP contribution in [0.1, 0.15) is 19.3 Å². The van der Waals surface area contributed by atoms with Gasteiger partial charge in [-0.05, 0) is 44.0 Å². The molecule has 2 aliphatic rings. The first-order chi connectivity index (χ1) is 10.3. The lowest BCUT2D eigenvalue weighted by molar-refractivity contribution is 0.318. The number of anilines is 1. The standard InChI is InChI=1S/C15H18FN5/c16-12-8-11(3-4-14(12)21-10-17-9-18-21)19-13-5-7-20-6-1-2-15(13)20/h3-4,8-10,13,15,19H,1-2,5-7H2. The summed E-state index contributed by atoms with van der Waals surface area (Å²) in [7, 11) is 0. The first-order valence-electron chi connectivity index (χ1n) is 7.46. The van der Waals surface area contributed by atoms with Crippen molar-refractivity contribution in [2.24, 2.45) is 0 Å². The van der Waals surface area contributed by atoms with Crippen LogP contribution in [0, 0.1) is 5.82 Å². The van der Waals surface area contributed by atoms with E-state index in [-0.39, 0.29) is 5.82 Å². The van der Waals surface area contributed by atoms with Gasteiger partial charge in [-0.3, -0.25) is 4.90 Å². The van der Waals surface area contributed by atoms with E-state index in [0.29, 0.717) is 17.8 Å². The normalized spacial score (nSPS) is 25.2. The Morgan fingerprint density at radius 2 is 2.19 bits per heavy atom. The summed E-state index contributed by atoms with van der Waals surface area (Å²) >= 11 is 0. The Bertz CT molecular complexity index is 627. The zero-order valence-electron chi connectivity index (χ0n) is 11.7. The quantitative estimate of drug-likeness (QED) is 0.938. The second kappa shape index (κ2) is 5.11. The molecule has 5 nitrogen and oxygen atoms in total. The number of benzene rings is 1. The molecular formula is C15H18FN5. The van der Waals surface area contributed by atoms with Crippen molar-refractivity contribution in [2.45, 2.75) is 31.3 Å². The first kappa shape index (κ1) is 12.8. The van der Waals surface area contributed by atoms with Crippen LogP contribution < -0.4 is 5.32 Å². The predicted octanol–water partition coefficient (Wildman–Crippen LogP) is 2.05. The number of fused-ring (bicyclic) bond motifs is 1. The van der Waals surface area contributed by atoms with Crippen LogP contribution >= 0.6 is 0 Å². The highest BCUT2D eigenvalue weighted by Gasteiger charge is 2.36. The topological polar surface area (TPSA) is 46.0 Å². The van der Waals surface area contributed by atoms with Gasteiger partial charge in [-0.15, -0.1) is 0 Å². The van der Waals surface area contributed by atoms with Gasteiger partial charge in [0.1, 0.15) is 18.3 Å². The molecule has 0 amide bonds. The smallest absolute Gasteiger partial charge is 0.150 e. The molecule has 2 atom stereocenters. The van der Waals surface area contributed by atoms with Gasteiger partial charge in [0.05, 0.1) is 0 Å². The summed E-state index contributed by atoms with van der Waals surface area (Å²) < 4.78 is 15.7. The molecule has 0 spiro atoms. The Morgan fingerprint density at radius 3 is 3.00 bits per heavy atom. The summed E-state index contributed by atoms with van der Waals surface area (Å²) in [4.78, 5) is 6.39. The van der Waals surface area contributed by atoms with Gasteiger partial charge in [-0.1, -0.05) is 0 Å². The average molecular weight is 287 g/mol. The second-order valence-electron chi connectivity index (χ2n) is 5.79. The molecule has 1 aromatic heterocycles. The van der Waals surface area contributed by atoms with E-state index in [1.165, 1.54) is 36.7 Å². The Kier molecular flexibility index (Phi) is 3.11. The van der Waals surface area contributed by atoms with Gasteiger partial charge >= 0.3 is 0 Å². The van der Waals surface area contributed by atoms with E-state index in [1.54, 1.807) is 12.1 Å². The molecule has 21 heavy (non-hydrogen) atoms. The van der Waals surface area contributed by atoms with Crippen LogP contribution in [-0.4, -0.2) is 44.8 Å². The number of nitrogens with zero attached hydrogens (tertiary/aromatic N) is 4. The summed E-state index contributed by atoms with van der Waals surface area (Å²) in [5.41, 5.74) is 1.27. The summed E-state index contributed by atoms with van der Waals surface area (Å²) in [5.74, 6) is -0.285. The van der Waals surface area contributed by atoms with Crippen LogP contribution in [0.5, 0.6) is 0 Å². The van der Waals surface area contributed by atoms with Gasteiger partial charge in [-0.2, -0.15) is 5.10 Å². The fourth-order valence-corrected chi connectivity index (χ4v) is 3.58. The lowest BCUT2D eigenvalue weighted by Gasteiger charge is -2.22. The van der Waals surface area contributed by atoms with Crippen molar-refractivity contribution < 1.29 is 4.39 Å². The van der Waals surface area contributed by atoms with Crippen LogP contribution in [-0.2, 0) is 0 Å². The zero-order valence-corrected chi connectivity index (χ0v) is 11.7. The second-order valence-corrected chi connectivity index (χ2v) is 5.79. The van der Waals surface area contributed by atoms with Crippen LogP contribution in [0.4, 0.5) is 10.1 Å². The third-order valence-corrected chi connectivity index (χ3v) is 4.57. The molecular weight excluding hydrogens is 269 g/mol. The number of halogens is 1. The third kappa shape index (κ3) is 2.29. The van der Waals surface area contributed by atoms with E-state index in [1.807, 2.05) is 6.07 Å². The molecule has 2 fully saturated rings. The monoisotopic (exact) mass is 287 g/mol. The molecule has 2 saturated heterocycles. The Labute approximate surface area is 122 Å². The van der Waals surface area contributed by atoms with Crippen molar-refractivity contribution in [2.75, 3.05) is 18.4 Å². The minimum absolute atomic E-state index is 0.285. The van der Waals surface area contributed by atoms with Crippen LogP contribution in [0.25, 0.3) is 5.69 Å². The molecule has 1 aromatic carbocycles. The van der Waals surface area contributed by atoms with Gasteiger partial charge in [0.25, 0.3) is 0 Å². The first-order valence-corrected chi connectivity index (χ1v) is 7.46. The highest BCUT2D eigenvalue weighted by atomic mass is 19.1. The summed E-state index contributed by atoms with van der Waals surface area (Å²) in [5, 5.41) is 7.46. The lowest BCUT2D eigenvalue weighted by atomic mass is 10.1. The van der Waals surface area contributed by atoms with E-state index in [2.05, 4.69) is 20.3 Å². The van der Waals surface area contributed by atoms with Crippen molar-refractivity contribution in [1.82, 2.24) is 19.7 Å². The van der Waals surface area contributed by atoms with Crippen LogP contribution in [0.15, 0.2) is 30.9 Å². The molecule has 4 rings (SSSR count). The molecule has 6 heteroatoms. The minimum Gasteiger partial charge on any atom is -0.381 e. The molecule has 3 heterocycles. The molecule has 0 saturated carbocycles. The van der Waals surface area contributed by atoms with Gasteiger partial charge < -0.3 is 5.32 Å². The van der Waals surface area contributed by atoms with Crippen molar-refractivity contribution in [3.63, 3.8) is 0 Å². The summed E-state index contributed by atoms with van der Waals surface area (Å²) in [6.45, 7) is 2.37. The summed E-state index contributed by atoms with van der Waals surface area (Å²) in [6.07, 6.45) is 6.56. The Morgan fingerprint density at radius 1 is 1.24 bits per heavy atom. The maximum atomic E-state index is 14.2. The van der Waals surface area contributed by atoms with Crippen molar-refractivity contribution >= 4 is 5.69 Å². The summed E-state index contributed by atoms with van der Waals surface area (Å²) in [6, 6.07) is 6.26. The largest absolute Gasteiger partial charge is 0.381 e. The Balaban J connectivity index is 1.52. The number of aromatic nitrogens is 3. The zero-order chi connectivity index (χ0) is 14.2. The number of rotatable bonds is 3. The highest BCUT2D eigenvalue weighted by Crippen LogP contribution is 2.30. The van der Waals surface area contributed by atoms with E-state index in [4.69, 9.17) is 0 Å². The van der Waals surface area contributed by atoms with Crippen LogP contribution in [0.2, 0.25) is 0 Å². The van der Waals surface area contributed by atoms with Gasteiger partial charge in [0.15, 0.2) is 5.82 Å². The lowest BCUT2D eigenvalue weighted by Crippen LogP contribution is -2.33. The third-order valence-electron chi connectivity index (χ3n) is 4.57. The molecule has 2 unspecified atom stereocenters. The number of nitrogens with one attached hydrogen (secondary N) is 1. The molecule has 0 radical (unpaired) electrons. The maximum absolute atomic E-state index is 14.2. The van der Waals surface area contributed by atoms with Crippen molar-refractivity contribution in [1.29, 1.82) is 0 Å². The molecule has 2 aromatic rings. The van der Waals surface area contributed by atoms with E-state index in [0.717, 1.165) is 18.7 Å². The SMILES string of the molecule is Fc1cc(NC2CCN3CCCC23)ccc1-n1cncn1. The highest BCUT2D eigenvalue weighted by molar-refractivity contribution is 5.50. The van der Waals surface area contributed by atoms with Crippen LogP contribution in [0.3, 0.4) is 0 Å². The van der Waals surface area contributed by atoms with E-state index < -0.39 is 0 Å². The molecule has 1 N–H and O–H groups in total. The predicted molar refractivity (Wildman–Crippen MR) is 77.9 cm³/mol.